The van der Waals surface area contributed by atoms with E-state index in [4.69, 9.17) is 20.0 Å². The predicted octanol–water partition coefficient (Wildman–Crippen LogP) is 4.88. The van der Waals surface area contributed by atoms with Crippen molar-refractivity contribution in [3.63, 3.8) is 0 Å². The van der Waals surface area contributed by atoms with Crippen molar-refractivity contribution in [3.8, 4) is 11.3 Å². The van der Waals surface area contributed by atoms with Crippen LogP contribution in [0.1, 0.15) is 37.3 Å². The fourth-order valence-corrected chi connectivity index (χ4v) is 5.92. The van der Waals surface area contributed by atoms with Gasteiger partial charge < -0.3 is 20.2 Å². The van der Waals surface area contributed by atoms with Crippen molar-refractivity contribution in [1.82, 2.24) is 29.6 Å². The molecule has 203 valence electrons. The molecule has 2 aromatic carbocycles. The number of fused-ring (bicyclic) bond motifs is 2. The maximum atomic E-state index is 6.38. The van der Waals surface area contributed by atoms with Gasteiger partial charge in [-0.25, -0.2) is 14.6 Å². The Bertz CT molecular complexity index is 1620. The summed E-state index contributed by atoms with van der Waals surface area (Å²) in [6.45, 7) is 5.75. The summed E-state index contributed by atoms with van der Waals surface area (Å²) in [6, 6.07) is 16.3. The monoisotopic (exact) mass is 612 g/mol. The molecule has 10 nitrogen and oxygen atoms in total. The largest absolute Gasteiger partial charge is 0.451 e. The van der Waals surface area contributed by atoms with E-state index >= 15 is 0 Å². The number of nitrogens with two attached hydrogens (primary N) is 1. The number of nitrogens with one attached hydrogen (secondary N) is 1. The van der Waals surface area contributed by atoms with Gasteiger partial charge in [-0.1, -0.05) is 19.1 Å². The van der Waals surface area contributed by atoms with Crippen LogP contribution in [0.5, 0.6) is 0 Å². The number of anilines is 3. The Balaban J connectivity index is 0.00000289. The molecule has 0 atom stereocenters. The molecule has 1 aliphatic carbocycles. The summed E-state index contributed by atoms with van der Waals surface area (Å²) in [4.78, 5) is 16.0. The molecule has 11 heteroatoms. The summed E-state index contributed by atoms with van der Waals surface area (Å²) in [5.41, 5.74) is 12.3. The van der Waals surface area contributed by atoms with Crippen molar-refractivity contribution in [2.75, 3.05) is 37.4 Å². The Morgan fingerprint density at radius 2 is 1.77 bits per heavy atom. The molecule has 3 aromatic heterocycles. The number of oxazole rings is 1. The van der Waals surface area contributed by atoms with E-state index in [-0.39, 0.29) is 38.8 Å². The molecule has 2 fully saturated rings. The van der Waals surface area contributed by atoms with Crippen LogP contribution < -0.4 is 11.1 Å². The van der Waals surface area contributed by atoms with Crippen LogP contribution in [0.2, 0.25) is 0 Å². The fourth-order valence-electron chi connectivity index (χ4n) is 5.92. The molecule has 1 radical (unpaired) electrons. The van der Waals surface area contributed by atoms with Crippen LogP contribution in [0.15, 0.2) is 47.1 Å². The number of benzene rings is 2. The van der Waals surface area contributed by atoms with Gasteiger partial charge in [0.1, 0.15) is 17.8 Å². The zero-order chi connectivity index (χ0) is 26.3. The molecule has 40 heavy (non-hydrogen) atoms. The number of hydrogen-bond acceptors (Lipinski definition) is 9. The van der Waals surface area contributed by atoms with Crippen molar-refractivity contribution in [1.29, 1.82) is 0 Å². The molecule has 1 saturated heterocycles. The topological polar surface area (TPSA) is 120 Å². The van der Waals surface area contributed by atoms with E-state index in [2.05, 4.69) is 35.9 Å². The van der Waals surface area contributed by atoms with Crippen molar-refractivity contribution in [3.05, 3.63) is 54.4 Å². The minimum absolute atomic E-state index is 0. The molecule has 5 aromatic rings. The Morgan fingerprint density at radius 1 is 1.02 bits per heavy atom. The van der Waals surface area contributed by atoms with Gasteiger partial charge in [0.25, 0.3) is 6.01 Å². The number of nitrogens with zero attached hydrogens (tertiary/aromatic N) is 6. The first-order valence-corrected chi connectivity index (χ1v) is 13.6. The van der Waals surface area contributed by atoms with Crippen LogP contribution in [0, 0.1) is 13.0 Å². The third-order valence-corrected chi connectivity index (χ3v) is 7.95. The molecule has 1 aliphatic heterocycles. The number of morpholine rings is 1. The average Bonchev–Trinajstić information content (AvgIpc) is 3.56. The Kier molecular flexibility index (Phi) is 7.85. The molecule has 0 unspecified atom stereocenters. The van der Waals surface area contributed by atoms with Crippen molar-refractivity contribution >= 4 is 39.7 Å². The summed E-state index contributed by atoms with van der Waals surface area (Å²) in [5.74, 6) is 0.448. The number of aromatic nitrogens is 5. The average molecular weight is 613 g/mol. The smallest absolute Gasteiger partial charge is 0.285 e. The maximum Gasteiger partial charge on any atom is 0.285 e. The van der Waals surface area contributed by atoms with E-state index < -0.39 is 0 Å². The Hall–Kier alpha value is -2.92. The van der Waals surface area contributed by atoms with Gasteiger partial charge >= 0.3 is 0 Å². The van der Waals surface area contributed by atoms with Crippen LogP contribution in [0.3, 0.4) is 0 Å². The van der Waals surface area contributed by atoms with E-state index in [1.807, 2.05) is 43.3 Å². The van der Waals surface area contributed by atoms with Crippen molar-refractivity contribution < 1.29 is 41.9 Å². The van der Waals surface area contributed by atoms with E-state index in [1.54, 1.807) is 0 Å². The van der Waals surface area contributed by atoms with E-state index in [1.165, 1.54) is 6.33 Å². The van der Waals surface area contributed by atoms with Crippen LogP contribution >= 0.6 is 0 Å². The Labute approximate surface area is 257 Å². The molecule has 0 amide bonds. The van der Waals surface area contributed by atoms with Crippen LogP contribution in [0.25, 0.3) is 33.4 Å². The zero-order valence-corrected chi connectivity index (χ0v) is 25.3. The zero-order valence-electron chi connectivity index (χ0n) is 22.5. The van der Waals surface area contributed by atoms with Crippen molar-refractivity contribution in [2.24, 2.45) is 0 Å². The SMILES string of the molecule is Cc1c[c-]c2oc(Nc3ccc(-c4nn(C5CCC(N6CCOCC6)CC5)c5ncnc(N)c45)cc3)nc2c1.[Y]. The third-order valence-electron chi connectivity index (χ3n) is 7.95. The second kappa shape index (κ2) is 11.5. The van der Waals surface area contributed by atoms with Crippen LogP contribution in [0.4, 0.5) is 17.5 Å². The van der Waals surface area contributed by atoms with Gasteiger partial charge in [-0.05, 0) is 43.3 Å². The first-order valence-electron chi connectivity index (χ1n) is 13.6. The molecule has 1 saturated carbocycles. The minimum atomic E-state index is 0. The number of ether oxygens (including phenoxy) is 1. The summed E-state index contributed by atoms with van der Waals surface area (Å²) < 4.78 is 13.4. The molecular formula is C29H31N8O2Y-. The van der Waals surface area contributed by atoms with E-state index in [0.29, 0.717) is 23.5 Å². The second-order valence-electron chi connectivity index (χ2n) is 10.5. The van der Waals surface area contributed by atoms with Gasteiger partial charge in [-0.3, -0.25) is 9.88 Å². The molecular weight excluding hydrogens is 581 g/mol. The third kappa shape index (κ3) is 5.25. The summed E-state index contributed by atoms with van der Waals surface area (Å²) in [5, 5.41) is 9.13. The Morgan fingerprint density at radius 3 is 2.55 bits per heavy atom. The van der Waals surface area contributed by atoms with Gasteiger partial charge in [0, 0.05) is 68.7 Å². The molecule has 7 rings (SSSR count). The predicted molar refractivity (Wildman–Crippen MR) is 150 cm³/mol. The molecule has 4 heterocycles. The fraction of sp³-hybridized carbons (Fsp3) is 0.379. The van der Waals surface area contributed by atoms with Crippen LogP contribution in [-0.2, 0) is 37.4 Å². The van der Waals surface area contributed by atoms with Gasteiger partial charge in [-0.15, -0.1) is 12.1 Å². The molecule has 0 bridgehead atoms. The standard InChI is InChI=1S/C29H31N8O2.Y/c1-18-2-11-24-23(16-18)34-29(39-24)33-20-5-3-19(4-6-20)26-25-27(30)31-17-32-28(25)37(35-26)22-9-7-21(8-10-22)36-12-14-38-15-13-36;/h2-6,16-17,21-22H,7-10,12-15H2,1H3,(H,33,34)(H2,30,31,32);/q-1;. The maximum absolute atomic E-state index is 6.38. The minimum Gasteiger partial charge on any atom is -0.451 e. The summed E-state index contributed by atoms with van der Waals surface area (Å²) in [6.07, 6.45) is 5.95. The van der Waals surface area contributed by atoms with Gasteiger partial charge in [0.2, 0.25) is 0 Å². The number of aryl methyl sites for hydroxylation is 1. The van der Waals surface area contributed by atoms with Gasteiger partial charge in [0.05, 0.1) is 24.6 Å². The summed E-state index contributed by atoms with van der Waals surface area (Å²) >= 11 is 0. The number of rotatable bonds is 5. The first-order chi connectivity index (χ1) is 19.1. The van der Waals surface area contributed by atoms with E-state index in [0.717, 1.165) is 91.0 Å². The number of hydrogen-bond donors (Lipinski definition) is 2. The molecule has 2 aliphatic rings. The van der Waals surface area contributed by atoms with Crippen molar-refractivity contribution in [2.45, 2.75) is 44.7 Å². The first kappa shape index (κ1) is 27.3. The summed E-state index contributed by atoms with van der Waals surface area (Å²) in [7, 11) is 0. The molecule has 0 spiro atoms. The van der Waals surface area contributed by atoms with Gasteiger partial charge in [-0.2, -0.15) is 16.7 Å². The van der Waals surface area contributed by atoms with E-state index in [9.17, 15) is 0 Å². The quantitative estimate of drug-likeness (QED) is 0.268. The second-order valence-corrected chi connectivity index (χ2v) is 10.5. The van der Waals surface area contributed by atoms with Gasteiger partial charge in [0.15, 0.2) is 5.65 Å². The number of nitrogen functional groups attached to an aromatic ring is 1. The normalized spacial score (nSPS) is 20.0. The molecule has 3 N–H and O–H groups in total. The van der Waals surface area contributed by atoms with Crippen LogP contribution in [-0.4, -0.2) is 62.0 Å².